The van der Waals surface area contributed by atoms with Crippen molar-refractivity contribution in [3.05, 3.63) is 29.6 Å². The van der Waals surface area contributed by atoms with Gasteiger partial charge in [-0.1, -0.05) is 19.3 Å². The molecule has 0 radical (unpaired) electrons. The standard InChI is InChI=1S/C14H17FO2S/c15-10-6-7-13(16)12(8-10)14(17)9-18-11-4-2-1-3-5-11/h6-8,11,16H,1-5,9H2. The first kappa shape index (κ1) is 13.4. The molecule has 1 fully saturated rings. The van der Waals surface area contributed by atoms with Crippen molar-refractivity contribution in [2.24, 2.45) is 0 Å². The zero-order chi connectivity index (χ0) is 13.0. The van der Waals surface area contributed by atoms with Gasteiger partial charge in [0, 0.05) is 5.25 Å². The zero-order valence-corrected chi connectivity index (χ0v) is 11.0. The Morgan fingerprint density at radius 2 is 2.06 bits per heavy atom. The van der Waals surface area contributed by atoms with Gasteiger partial charge in [-0.2, -0.15) is 11.8 Å². The second-order valence-electron chi connectivity index (χ2n) is 4.66. The van der Waals surface area contributed by atoms with Gasteiger partial charge in [0.25, 0.3) is 0 Å². The Bertz CT molecular complexity index is 428. The first-order chi connectivity index (χ1) is 8.66. The van der Waals surface area contributed by atoms with E-state index in [-0.39, 0.29) is 17.1 Å². The molecule has 2 nitrogen and oxygen atoms in total. The van der Waals surface area contributed by atoms with E-state index in [2.05, 4.69) is 0 Å². The fraction of sp³-hybridized carbons (Fsp3) is 0.500. The Morgan fingerprint density at radius 1 is 1.33 bits per heavy atom. The van der Waals surface area contributed by atoms with E-state index in [1.165, 1.54) is 25.3 Å². The van der Waals surface area contributed by atoms with Crippen molar-refractivity contribution in [3.63, 3.8) is 0 Å². The lowest BCUT2D eigenvalue weighted by Crippen LogP contribution is -2.12. The highest BCUT2D eigenvalue weighted by molar-refractivity contribution is 8.00. The van der Waals surface area contributed by atoms with Crippen molar-refractivity contribution < 1.29 is 14.3 Å². The highest BCUT2D eigenvalue weighted by Crippen LogP contribution is 2.29. The van der Waals surface area contributed by atoms with Crippen LogP contribution in [-0.4, -0.2) is 21.9 Å². The number of phenols is 1. The monoisotopic (exact) mass is 268 g/mol. The predicted molar refractivity (Wildman–Crippen MR) is 71.7 cm³/mol. The third-order valence-corrected chi connectivity index (χ3v) is 4.63. The number of rotatable bonds is 4. The summed E-state index contributed by atoms with van der Waals surface area (Å²) in [6, 6.07) is 3.49. The van der Waals surface area contributed by atoms with Crippen LogP contribution in [0.4, 0.5) is 4.39 Å². The largest absolute Gasteiger partial charge is 0.507 e. The molecule has 0 unspecified atom stereocenters. The van der Waals surface area contributed by atoms with Crippen LogP contribution in [0, 0.1) is 5.82 Å². The number of aromatic hydroxyl groups is 1. The molecule has 0 aromatic heterocycles. The van der Waals surface area contributed by atoms with Gasteiger partial charge < -0.3 is 5.11 Å². The minimum Gasteiger partial charge on any atom is -0.507 e. The second-order valence-corrected chi connectivity index (χ2v) is 5.94. The molecule has 1 N–H and O–H groups in total. The molecule has 1 saturated carbocycles. The van der Waals surface area contributed by atoms with Crippen LogP contribution in [0.1, 0.15) is 42.5 Å². The van der Waals surface area contributed by atoms with Crippen molar-refractivity contribution in [1.82, 2.24) is 0 Å². The molecule has 0 saturated heterocycles. The van der Waals surface area contributed by atoms with Crippen molar-refractivity contribution in [2.75, 3.05) is 5.75 Å². The quantitative estimate of drug-likeness (QED) is 0.844. The van der Waals surface area contributed by atoms with E-state index in [9.17, 15) is 14.3 Å². The molecule has 0 aliphatic heterocycles. The highest BCUT2D eigenvalue weighted by Gasteiger charge is 2.17. The van der Waals surface area contributed by atoms with E-state index in [1.807, 2.05) is 0 Å². The fourth-order valence-corrected chi connectivity index (χ4v) is 3.44. The smallest absolute Gasteiger partial charge is 0.176 e. The maximum Gasteiger partial charge on any atom is 0.176 e. The molecule has 18 heavy (non-hydrogen) atoms. The summed E-state index contributed by atoms with van der Waals surface area (Å²) < 4.78 is 13.0. The van der Waals surface area contributed by atoms with Gasteiger partial charge in [-0.3, -0.25) is 4.79 Å². The normalized spacial score (nSPS) is 16.7. The molecule has 0 atom stereocenters. The maximum absolute atomic E-state index is 13.0. The molecule has 1 aromatic carbocycles. The Hall–Kier alpha value is -1.03. The Balaban J connectivity index is 1.92. The number of carbonyl (C=O) groups is 1. The Morgan fingerprint density at radius 3 is 2.78 bits per heavy atom. The number of benzene rings is 1. The number of ketones is 1. The Kier molecular flexibility index (Phi) is 4.64. The lowest BCUT2D eigenvalue weighted by molar-refractivity contribution is 0.101. The molecule has 0 heterocycles. The van der Waals surface area contributed by atoms with Crippen molar-refractivity contribution in [1.29, 1.82) is 0 Å². The number of carbonyl (C=O) groups excluding carboxylic acids is 1. The summed E-state index contributed by atoms with van der Waals surface area (Å²) in [6.07, 6.45) is 6.07. The van der Waals surface area contributed by atoms with E-state index in [1.54, 1.807) is 11.8 Å². The minimum atomic E-state index is -0.487. The van der Waals surface area contributed by atoms with Gasteiger partial charge >= 0.3 is 0 Å². The average molecular weight is 268 g/mol. The van der Waals surface area contributed by atoms with Crippen LogP contribution in [0.5, 0.6) is 5.75 Å². The summed E-state index contributed by atoms with van der Waals surface area (Å²) in [4.78, 5) is 11.9. The van der Waals surface area contributed by atoms with Crippen LogP contribution >= 0.6 is 11.8 Å². The molecular formula is C14H17FO2S. The van der Waals surface area contributed by atoms with E-state index in [4.69, 9.17) is 0 Å². The summed E-state index contributed by atoms with van der Waals surface area (Å²) in [5.41, 5.74) is 0.0957. The fourth-order valence-electron chi connectivity index (χ4n) is 2.23. The first-order valence-electron chi connectivity index (χ1n) is 6.30. The lowest BCUT2D eigenvalue weighted by Gasteiger charge is -2.20. The van der Waals surface area contributed by atoms with Crippen LogP contribution in [0.15, 0.2) is 18.2 Å². The zero-order valence-electron chi connectivity index (χ0n) is 10.2. The number of halogens is 1. The summed E-state index contributed by atoms with van der Waals surface area (Å²) in [7, 11) is 0. The number of hydrogen-bond acceptors (Lipinski definition) is 3. The number of thioether (sulfide) groups is 1. The van der Waals surface area contributed by atoms with Gasteiger partial charge in [0.1, 0.15) is 11.6 Å². The SMILES string of the molecule is O=C(CSC1CCCCC1)c1cc(F)ccc1O. The van der Waals surface area contributed by atoms with Crippen LogP contribution in [0.25, 0.3) is 0 Å². The molecule has 4 heteroatoms. The third kappa shape index (κ3) is 3.48. The number of Topliss-reactive ketones (excluding diaryl/α,β-unsaturated/α-hetero) is 1. The molecule has 2 rings (SSSR count). The second kappa shape index (κ2) is 6.23. The van der Waals surface area contributed by atoms with Crippen molar-refractivity contribution >= 4 is 17.5 Å². The van der Waals surface area contributed by atoms with Crippen LogP contribution in [-0.2, 0) is 0 Å². The van der Waals surface area contributed by atoms with E-state index in [0.29, 0.717) is 11.0 Å². The summed E-state index contributed by atoms with van der Waals surface area (Å²) in [6.45, 7) is 0. The molecule has 98 valence electrons. The maximum atomic E-state index is 13.0. The van der Waals surface area contributed by atoms with E-state index < -0.39 is 5.82 Å². The van der Waals surface area contributed by atoms with Crippen molar-refractivity contribution in [2.45, 2.75) is 37.4 Å². The molecular weight excluding hydrogens is 251 g/mol. The van der Waals surface area contributed by atoms with Crippen LogP contribution < -0.4 is 0 Å². The third-order valence-electron chi connectivity index (χ3n) is 3.26. The summed E-state index contributed by atoms with van der Waals surface area (Å²) in [5.74, 6) is -0.492. The van der Waals surface area contributed by atoms with E-state index in [0.717, 1.165) is 25.0 Å². The minimum absolute atomic E-state index is 0.0957. The predicted octanol–water partition coefficient (Wildman–Crippen LogP) is 3.78. The van der Waals surface area contributed by atoms with Gasteiger partial charge in [0.05, 0.1) is 11.3 Å². The number of hydrogen-bond donors (Lipinski definition) is 1. The molecule has 0 bridgehead atoms. The molecule has 1 aliphatic carbocycles. The highest BCUT2D eigenvalue weighted by atomic mass is 32.2. The van der Waals surface area contributed by atoms with Gasteiger partial charge in [-0.25, -0.2) is 4.39 Å². The topological polar surface area (TPSA) is 37.3 Å². The van der Waals surface area contributed by atoms with Gasteiger partial charge in [0.2, 0.25) is 0 Å². The van der Waals surface area contributed by atoms with Crippen LogP contribution in [0.3, 0.4) is 0 Å². The lowest BCUT2D eigenvalue weighted by atomic mass is 10.0. The van der Waals surface area contributed by atoms with E-state index >= 15 is 0 Å². The molecule has 1 aromatic rings. The number of phenolic OH excluding ortho intramolecular Hbond substituents is 1. The molecule has 0 spiro atoms. The molecule has 0 amide bonds. The van der Waals surface area contributed by atoms with Crippen molar-refractivity contribution in [3.8, 4) is 5.75 Å². The summed E-state index contributed by atoms with van der Waals surface area (Å²) >= 11 is 1.63. The summed E-state index contributed by atoms with van der Waals surface area (Å²) in [5, 5.41) is 10.1. The Labute approximate surface area is 111 Å². The van der Waals surface area contributed by atoms with Crippen LogP contribution in [0.2, 0.25) is 0 Å². The molecule has 1 aliphatic rings. The first-order valence-corrected chi connectivity index (χ1v) is 7.35. The van der Waals surface area contributed by atoms with Gasteiger partial charge in [-0.15, -0.1) is 0 Å². The van der Waals surface area contributed by atoms with Gasteiger partial charge in [0.15, 0.2) is 5.78 Å². The average Bonchev–Trinajstić information content (AvgIpc) is 2.40. The van der Waals surface area contributed by atoms with Gasteiger partial charge in [-0.05, 0) is 31.0 Å².